The lowest BCUT2D eigenvalue weighted by Crippen LogP contribution is -2.14. The van der Waals surface area contributed by atoms with Gasteiger partial charge in [-0.3, -0.25) is 9.59 Å². The minimum atomic E-state index is -0.336. The third-order valence-electron chi connectivity index (χ3n) is 3.79. The third kappa shape index (κ3) is 3.95. The number of furan rings is 1. The number of amides is 2. The number of anilines is 2. The highest BCUT2D eigenvalue weighted by Crippen LogP contribution is 2.18. The molecule has 0 aliphatic rings. The topological polar surface area (TPSA) is 71.3 Å². The van der Waals surface area contributed by atoms with E-state index in [2.05, 4.69) is 10.6 Å². The van der Waals surface area contributed by atoms with Crippen LogP contribution in [-0.2, 0) is 0 Å². The molecule has 0 fully saturated rings. The van der Waals surface area contributed by atoms with Crippen molar-refractivity contribution in [3.8, 4) is 0 Å². The first-order chi connectivity index (χ1) is 12.0. The zero-order chi connectivity index (χ0) is 17.8. The molecule has 1 heterocycles. The van der Waals surface area contributed by atoms with Crippen LogP contribution in [0, 0.1) is 13.8 Å². The van der Waals surface area contributed by atoms with Gasteiger partial charge < -0.3 is 15.1 Å². The van der Waals surface area contributed by atoms with Crippen LogP contribution in [0.5, 0.6) is 0 Å². The third-order valence-corrected chi connectivity index (χ3v) is 3.79. The van der Waals surface area contributed by atoms with Gasteiger partial charge in [-0.1, -0.05) is 12.1 Å². The SMILES string of the molecule is Cc1ccc(C)c(NC(=O)c2ccc(NC(=O)c3ccco3)cc2)c1. The average molecular weight is 334 g/mol. The molecule has 2 aromatic carbocycles. The van der Waals surface area contributed by atoms with Crippen LogP contribution >= 0.6 is 0 Å². The molecule has 0 aliphatic heterocycles. The summed E-state index contributed by atoms with van der Waals surface area (Å²) in [6, 6.07) is 15.8. The van der Waals surface area contributed by atoms with Crippen molar-refractivity contribution in [1.82, 2.24) is 0 Å². The number of benzene rings is 2. The monoisotopic (exact) mass is 334 g/mol. The van der Waals surface area contributed by atoms with E-state index in [1.54, 1.807) is 36.4 Å². The number of hydrogen-bond acceptors (Lipinski definition) is 3. The molecule has 0 saturated carbocycles. The van der Waals surface area contributed by atoms with Crippen molar-refractivity contribution < 1.29 is 14.0 Å². The van der Waals surface area contributed by atoms with E-state index in [0.717, 1.165) is 16.8 Å². The quantitative estimate of drug-likeness (QED) is 0.743. The molecule has 3 aromatic rings. The van der Waals surface area contributed by atoms with Crippen molar-refractivity contribution in [2.45, 2.75) is 13.8 Å². The Bertz CT molecular complexity index is 897. The average Bonchev–Trinajstić information content (AvgIpc) is 3.13. The Hall–Kier alpha value is -3.34. The lowest BCUT2D eigenvalue weighted by atomic mass is 10.1. The van der Waals surface area contributed by atoms with Crippen molar-refractivity contribution >= 4 is 23.2 Å². The molecule has 0 saturated heterocycles. The van der Waals surface area contributed by atoms with Gasteiger partial charge in [-0.05, 0) is 67.4 Å². The summed E-state index contributed by atoms with van der Waals surface area (Å²) in [6.07, 6.45) is 1.44. The summed E-state index contributed by atoms with van der Waals surface area (Å²) < 4.78 is 5.04. The van der Waals surface area contributed by atoms with E-state index >= 15 is 0 Å². The van der Waals surface area contributed by atoms with Crippen molar-refractivity contribution in [1.29, 1.82) is 0 Å². The molecule has 25 heavy (non-hydrogen) atoms. The second-order valence-corrected chi connectivity index (χ2v) is 5.78. The summed E-state index contributed by atoms with van der Waals surface area (Å²) in [5, 5.41) is 5.62. The molecule has 2 N–H and O–H groups in total. The summed E-state index contributed by atoms with van der Waals surface area (Å²) in [5.41, 5.74) is 3.97. The second kappa shape index (κ2) is 7.05. The smallest absolute Gasteiger partial charge is 0.291 e. The van der Waals surface area contributed by atoms with Gasteiger partial charge in [0.15, 0.2) is 5.76 Å². The number of nitrogens with one attached hydrogen (secondary N) is 2. The van der Waals surface area contributed by atoms with Gasteiger partial charge in [0.1, 0.15) is 0 Å². The highest BCUT2D eigenvalue weighted by molar-refractivity contribution is 6.05. The largest absolute Gasteiger partial charge is 0.459 e. The molecular weight excluding hydrogens is 316 g/mol. The van der Waals surface area contributed by atoms with E-state index in [0.29, 0.717) is 11.3 Å². The maximum absolute atomic E-state index is 12.4. The lowest BCUT2D eigenvalue weighted by Gasteiger charge is -2.10. The molecular formula is C20H18N2O3. The fraction of sp³-hybridized carbons (Fsp3) is 0.100. The first-order valence-electron chi connectivity index (χ1n) is 7.86. The summed E-state index contributed by atoms with van der Waals surface area (Å²) in [5.74, 6) is -0.299. The van der Waals surface area contributed by atoms with Gasteiger partial charge in [0.2, 0.25) is 0 Å². The summed E-state index contributed by atoms with van der Waals surface area (Å²) >= 11 is 0. The van der Waals surface area contributed by atoms with E-state index in [1.165, 1.54) is 6.26 Å². The Morgan fingerprint density at radius 2 is 1.64 bits per heavy atom. The van der Waals surface area contributed by atoms with Gasteiger partial charge in [-0.25, -0.2) is 0 Å². The van der Waals surface area contributed by atoms with Crippen molar-refractivity contribution in [3.63, 3.8) is 0 Å². The van der Waals surface area contributed by atoms with Gasteiger partial charge >= 0.3 is 0 Å². The van der Waals surface area contributed by atoms with E-state index in [1.807, 2.05) is 32.0 Å². The Kier molecular flexibility index (Phi) is 4.66. The predicted molar refractivity (Wildman–Crippen MR) is 97.0 cm³/mol. The van der Waals surface area contributed by atoms with Crippen LogP contribution in [0.4, 0.5) is 11.4 Å². The van der Waals surface area contributed by atoms with Crippen LogP contribution in [0.1, 0.15) is 32.0 Å². The maximum Gasteiger partial charge on any atom is 0.291 e. The molecule has 3 rings (SSSR count). The van der Waals surface area contributed by atoms with E-state index < -0.39 is 0 Å². The first kappa shape index (κ1) is 16.5. The molecule has 1 aromatic heterocycles. The van der Waals surface area contributed by atoms with E-state index in [-0.39, 0.29) is 17.6 Å². The minimum Gasteiger partial charge on any atom is -0.459 e. The van der Waals surface area contributed by atoms with Gasteiger partial charge in [0.05, 0.1) is 6.26 Å². The summed E-state index contributed by atoms with van der Waals surface area (Å²) in [6.45, 7) is 3.92. The van der Waals surface area contributed by atoms with Gasteiger partial charge in [-0.15, -0.1) is 0 Å². The first-order valence-corrected chi connectivity index (χ1v) is 7.86. The van der Waals surface area contributed by atoms with Crippen LogP contribution in [0.25, 0.3) is 0 Å². The molecule has 0 atom stereocenters. The van der Waals surface area contributed by atoms with E-state index in [4.69, 9.17) is 4.42 Å². The number of carbonyl (C=O) groups excluding carboxylic acids is 2. The predicted octanol–water partition coefficient (Wildman–Crippen LogP) is 4.40. The molecule has 126 valence electrons. The molecule has 0 unspecified atom stereocenters. The fourth-order valence-corrected chi connectivity index (χ4v) is 2.37. The van der Waals surface area contributed by atoms with Crippen LogP contribution in [0.3, 0.4) is 0 Å². The van der Waals surface area contributed by atoms with Crippen LogP contribution < -0.4 is 10.6 Å². The molecule has 0 spiro atoms. The number of hydrogen-bond donors (Lipinski definition) is 2. The molecule has 0 bridgehead atoms. The van der Waals surface area contributed by atoms with E-state index in [9.17, 15) is 9.59 Å². The standard InChI is InChI=1S/C20H18N2O3/c1-13-5-6-14(2)17(12-13)22-19(23)15-7-9-16(10-8-15)21-20(24)18-4-3-11-25-18/h3-12H,1-2H3,(H,21,24)(H,22,23). The highest BCUT2D eigenvalue weighted by atomic mass is 16.3. The maximum atomic E-state index is 12.4. The molecule has 5 heteroatoms. The molecule has 5 nitrogen and oxygen atoms in total. The molecule has 2 amide bonds. The second-order valence-electron chi connectivity index (χ2n) is 5.78. The highest BCUT2D eigenvalue weighted by Gasteiger charge is 2.11. The Labute approximate surface area is 145 Å². The van der Waals surface area contributed by atoms with Gasteiger partial charge in [-0.2, -0.15) is 0 Å². The zero-order valence-electron chi connectivity index (χ0n) is 14.0. The Morgan fingerprint density at radius 1 is 0.880 bits per heavy atom. The van der Waals surface area contributed by atoms with Crippen molar-refractivity contribution in [3.05, 3.63) is 83.3 Å². The number of aryl methyl sites for hydroxylation is 2. The summed E-state index contributed by atoms with van der Waals surface area (Å²) in [7, 11) is 0. The van der Waals surface area contributed by atoms with Gasteiger partial charge in [0, 0.05) is 16.9 Å². The molecule has 0 radical (unpaired) electrons. The van der Waals surface area contributed by atoms with Crippen LogP contribution in [0.2, 0.25) is 0 Å². The van der Waals surface area contributed by atoms with Crippen LogP contribution in [0.15, 0.2) is 65.3 Å². The fourth-order valence-electron chi connectivity index (χ4n) is 2.37. The Balaban J connectivity index is 1.68. The zero-order valence-corrected chi connectivity index (χ0v) is 14.0. The van der Waals surface area contributed by atoms with Crippen molar-refractivity contribution in [2.75, 3.05) is 10.6 Å². The Morgan fingerprint density at radius 3 is 2.32 bits per heavy atom. The minimum absolute atomic E-state index is 0.197. The number of carbonyl (C=O) groups is 2. The lowest BCUT2D eigenvalue weighted by molar-refractivity contribution is 0.0995. The van der Waals surface area contributed by atoms with Gasteiger partial charge in [0.25, 0.3) is 11.8 Å². The summed E-state index contributed by atoms with van der Waals surface area (Å²) in [4.78, 5) is 24.3. The normalized spacial score (nSPS) is 10.3. The van der Waals surface area contributed by atoms with Crippen LogP contribution in [-0.4, -0.2) is 11.8 Å². The number of rotatable bonds is 4. The molecule has 0 aliphatic carbocycles. The van der Waals surface area contributed by atoms with Crippen molar-refractivity contribution in [2.24, 2.45) is 0 Å².